The highest BCUT2D eigenvalue weighted by Gasteiger charge is 2.41. The monoisotopic (exact) mass is 753 g/mol. The van der Waals surface area contributed by atoms with Crippen molar-refractivity contribution >= 4 is 17.9 Å². The van der Waals surface area contributed by atoms with Gasteiger partial charge >= 0.3 is 6.09 Å². The minimum absolute atomic E-state index is 0.0239. The second-order valence-electron chi connectivity index (χ2n) is 14.6. The fourth-order valence-corrected chi connectivity index (χ4v) is 7.39. The van der Waals surface area contributed by atoms with Crippen LogP contribution in [-0.4, -0.2) is 58.6 Å². The van der Waals surface area contributed by atoms with Gasteiger partial charge in [0.1, 0.15) is 12.6 Å². The van der Waals surface area contributed by atoms with Crippen LogP contribution in [-0.2, 0) is 50.1 Å². The van der Waals surface area contributed by atoms with Gasteiger partial charge in [0.25, 0.3) is 5.91 Å². The average molecular weight is 754 g/mol. The molecule has 5 atom stereocenters. The molecule has 2 fully saturated rings. The number of rotatable bonds is 13. The summed E-state index contributed by atoms with van der Waals surface area (Å²) in [6.07, 6.45) is -1.89. The third-order valence-electron chi connectivity index (χ3n) is 10.5. The number of carbonyl (C=O) groups is 3. The van der Waals surface area contributed by atoms with Crippen molar-refractivity contribution in [2.75, 3.05) is 13.6 Å². The molecule has 0 saturated carbocycles. The van der Waals surface area contributed by atoms with E-state index in [0.29, 0.717) is 6.54 Å². The number of hydrogen-bond donors (Lipinski definition) is 2. The number of alkyl carbamates (subject to hydrolysis) is 1. The highest BCUT2D eigenvalue weighted by Crippen LogP contribution is 2.42. The molecule has 2 saturated heterocycles. The van der Waals surface area contributed by atoms with Crippen LogP contribution in [0.2, 0.25) is 0 Å². The number of aliphatic hydroxyl groups is 1. The Balaban J connectivity index is 1.05. The normalized spacial score (nSPS) is 21.0. The van der Waals surface area contributed by atoms with E-state index in [2.05, 4.69) is 36.3 Å². The van der Waals surface area contributed by atoms with Crippen molar-refractivity contribution in [1.82, 2.24) is 15.1 Å². The number of imide groups is 1. The zero-order valence-corrected chi connectivity index (χ0v) is 31.6. The van der Waals surface area contributed by atoms with Crippen LogP contribution in [0.5, 0.6) is 0 Å². The minimum atomic E-state index is -0.992. The van der Waals surface area contributed by atoms with E-state index in [9.17, 15) is 19.5 Å². The fraction of sp³-hybridized carbons (Fsp3) is 0.283. The maximum Gasteiger partial charge on any atom is 0.408 e. The average Bonchev–Trinajstić information content (AvgIpc) is 3.48. The molecule has 0 spiro atoms. The number of nitrogens with zero attached hydrogens (tertiary/aromatic N) is 2. The molecule has 2 aliphatic heterocycles. The highest BCUT2D eigenvalue weighted by atomic mass is 16.7. The lowest BCUT2D eigenvalue weighted by atomic mass is 9.90. The molecule has 5 aromatic rings. The van der Waals surface area contributed by atoms with Gasteiger partial charge in [0.2, 0.25) is 5.91 Å². The van der Waals surface area contributed by atoms with Crippen molar-refractivity contribution in [2.24, 2.45) is 5.92 Å². The van der Waals surface area contributed by atoms with E-state index < -0.39 is 24.3 Å². The number of carbonyl (C=O) groups excluding carboxylic acids is 3. The lowest BCUT2D eigenvalue weighted by molar-refractivity contribution is -0.276. The Kier molecular flexibility index (Phi) is 12.3. The van der Waals surface area contributed by atoms with Gasteiger partial charge in [-0.05, 0) is 46.0 Å². The van der Waals surface area contributed by atoms with Crippen LogP contribution < -0.4 is 5.32 Å². The first-order valence-electron chi connectivity index (χ1n) is 19.0. The Morgan fingerprint density at radius 3 is 2.14 bits per heavy atom. The smallest absolute Gasteiger partial charge is 0.408 e. The first-order chi connectivity index (χ1) is 27.2. The van der Waals surface area contributed by atoms with Gasteiger partial charge in [0.15, 0.2) is 6.29 Å². The fourth-order valence-electron chi connectivity index (χ4n) is 7.39. The van der Waals surface area contributed by atoms with Crippen LogP contribution >= 0.6 is 0 Å². The van der Waals surface area contributed by atoms with Crippen LogP contribution in [0, 0.1) is 5.92 Å². The third-order valence-corrected chi connectivity index (χ3v) is 10.5. The maximum atomic E-state index is 13.4. The first-order valence-corrected chi connectivity index (χ1v) is 19.0. The summed E-state index contributed by atoms with van der Waals surface area (Å²) < 4.78 is 18.7. The lowest BCUT2D eigenvalue weighted by Gasteiger charge is -2.42. The number of benzene rings is 5. The van der Waals surface area contributed by atoms with Crippen molar-refractivity contribution in [2.45, 2.75) is 64.2 Å². The van der Waals surface area contributed by atoms with E-state index in [1.807, 2.05) is 121 Å². The number of likely N-dealkylation sites (tertiary alicyclic amines) is 1. The van der Waals surface area contributed by atoms with E-state index in [0.717, 1.165) is 45.5 Å². The molecular formula is C46H47N3O7. The summed E-state index contributed by atoms with van der Waals surface area (Å²) in [5, 5.41) is 12.2. The Labute approximate surface area is 327 Å². The Hall–Kier alpha value is -5.65. The second kappa shape index (κ2) is 17.9. The predicted molar refractivity (Wildman–Crippen MR) is 211 cm³/mol. The largest absolute Gasteiger partial charge is 0.445 e. The molecule has 3 amide bonds. The molecule has 2 N–H and O–H groups in total. The molecule has 7 rings (SSSR count). The summed E-state index contributed by atoms with van der Waals surface area (Å²) in [7, 11) is 2.10. The van der Waals surface area contributed by atoms with Gasteiger partial charge in [-0.25, -0.2) is 4.79 Å². The van der Waals surface area contributed by atoms with Crippen molar-refractivity contribution in [1.29, 1.82) is 0 Å². The zero-order valence-electron chi connectivity index (χ0n) is 31.6. The Morgan fingerprint density at radius 1 is 0.804 bits per heavy atom. The summed E-state index contributed by atoms with van der Waals surface area (Å²) in [6, 6.07) is 42.2. The van der Waals surface area contributed by atoms with E-state index in [-0.39, 0.29) is 50.2 Å². The van der Waals surface area contributed by atoms with E-state index in [1.165, 1.54) is 10.5 Å². The molecule has 2 aliphatic rings. The number of likely N-dealkylation sites (N-methyl/N-ethyl adjacent to an activating group) is 1. The summed E-state index contributed by atoms with van der Waals surface area (Å²) in [5.74, 6) is -0.789. The van der Waals surface area contributed by atoms with Crippen LogP contribution in [0.3, 0.4) is 0 Å². The standard InChI is InChI=1S/C46H47N3O7/c1-31-41(28-48(2)26-32-11-5-3-6-12-32)55-45(56-43(31)36-19-17-33(29-50)18-20-36)37-23-21-35(22-24-37)39-16-10-9-15-38(39)27-49-42(51)25-40(44(49)52)47-46(53)54-30-34-13-7-4-8-14-34/h3-24,31,40-41,43,45,50H,25-30H2,1-2H3,(H,47,53)/t31-,40?,41+,43+,45+/m0/s1. The summed E-state index contributed by atoms with van der Waals surface area (Å²) in [5.41, 5.74) is 7.35. The minimum Gasteiger partial charge on any atom is -0.445 e. The zero-order chi connectivity index (χ0) is 39.0. The number of ether oxygens (including phenoxy) is 3. The Bertz CT molecular complexity index is 2090. The van der Waals surface area contributed by atoms with Crippen molar-refractivity contribution in [3.63, 3.8) is 0 Å². The number of aliphatic hydroxyl groups excluding tert-OH is 1. The molecule has 0 aliphatic carbocycles. The van der Waals surface area contributed by atoms with Crippen molar-refractivity contribution in [3.8, 4) is 11.1 Å². The number of hydrogen-bond acceptors (Lipinski definition) is 8. The summed E-state index contributed by atoms with van der Waals surface area (Å²) >= 11 is 0. The lowest BCUT2D eigenvalue weighted by Crippen LogP contribution is -2.43. The van der Waals surface area contributed by atoms with E-state index in [1.54, 1.807) is 0 Å². The number of amides is 3. The van der Waals surface area contributed by atoms with Gasteiger partial charge < -0.3 is 24.6 Å². The van der Waals surface area contributed by atoms with Gasteiger partial charge in [-0.15, -0.1) is 0 Å². The van der Waals surface area contributed by atoms with Crippen LogP contribution in [0.25, 0.3) is 11.1 Å². The molecule has 1 unspecified atom stereocenters. The molecule has 5 aromatic carbocycles. The molecule has 0 bridgehead atoms. The third kappa shape index (κ3) is 9.23. The summed E-state index contributed by atoms with van der Waals surface area (Å²) in [6.45, 7) is 3.75. The summed E-state index contributed by atoms with van der Waals surface area (Å²) in [4.78, 5) is 42.4. The van der Waals surface area contributed by atoms with E-state index in [4.69, 9.17) is 14.2 Å². The second-order valence-corrected chi connectivity index (χ2v) is 14.6. The molecule has 10 nitrogen and oxygen atoms in total. The molecule has 56 heavy (non-hydrogen) atoms. The molecule has 10 heteroatoms. The van der Waals surface area contributed by atoms with Crippen LogP contribution in [0.1, 0.15) is 59.1 Å². The van der Waals surface area contributed by atoms with Gasteiger partial charge in [-0.3, -0.25) is 19.4 Å². The molecule has 0 aromatic heterocycles. The van der Waals surface area contributed by atoms with Gasteiger partial charge in [-0.1, -0.05) is 140 Å². The molecule has 288 valence electrons. The SMILES string of the molecule is C[C@H]1[C@@H](CN(C)Cc2ccccc2)O[C@@H](c2ccc(-c3ccccc3CN3C(=O)CC(NC(=O)OCc4ccccc4)C3=O)cc2)O[C@H]1c1ccc(CO)cc1. The molecule has 0 radical (unpaired) electrons. The highest BCUT2D eigenvalue weighted by molar-refractivity contribution is 6.06. The Morgan fingerprint density at radius 2 is 1.45 bits per heavy atom. The predicted octanol–water partition coefficient (Wildman–Crippen LogP) is 7.32. The topological polar surface area (TPSA) is 118 Å². The van der Waals surface area contributed by atoms with E-state index >= 15 is 0 Å². The first kappa shape index (κ1) is 38.6. The quantitative estimate of drug-likeness (QED) is 0.120. The van der Waals surface area contributed by atoms with Crippen LogP contribution in [0.15, 0.2) is 133 Å². The van der Waals surface area contributed by atoms with Crippen LogP contribution in [0.4, 0.5) is 4.79 Å². The number of nitrogens with one attached hydrogen (secondary N) is 1. The van der Waals surface area contributed by atoms with Crippen molar-refractivity contribution in [3.05, 3.63) is 167 Å². The van der Waals surface area contributed by atoms with Crippen molar-refractivity contribution < 1.29 is 33.7 Å². The van der Waals surface area contributed by atoms with Gasteiger partial charge in [0.05, 0.1) is 31.8 Å². The van der Waals surface area contributed by atoms with Gasteiger partial charge in [-0.2, -0.15) is 0 Å². The maximum absolute atomic E-state index is 13.4. The molecule has 2 heterocycles. The molecular weight excluding hydrogens is 707 g/mol. The van der Waals surface area contributed by atoms with Gasteiger partial charge in [0, 0.05) is 24.6 Å².